The van der Waals surface area contributed by atoms with Crippen LogP contribution < -0.4 is 5.73 Å². The number of fused-ring (bicyclic) bond motifs is 1. The largest absolute Gasteiger partial charge is 0.467 e. The van der Waals surface area contributed by atoms with Gasteiger partial charge in [-0.3, -0.25) is 4.57 Å². The molecule has 0 saturated carbocycles. The van der Waals surface area contributed by atoms with E-state index in [1.54, 1.807) is 0 Å². The highest BCUT2D eigenvalue weighted by atomic mass is 19.1. The molecule has 3 heterocycles. The van der Waals surface area contributed by atoms with E-state index in [2.05, 4.69) is 19.7 Å². The second kappa shape index (κ2) is 6.56. The SMILES string of the molecule is CC.[B]C1(O)C[C@@](C)(C(=O)OC)OC1n1cnc2c(N)nc(F)nc21. The Morgan fingerprint density at radius 3 is 2.80 bits per heavy atom. The number of carbonyl (C=O) groups is 1. The van der Waals surface area contributed by atoms with E-state index >= 15 is 0 Å². The fraction of sp³-hybridized carbons (Fsp3) is 0.571. The molecule has 2 radical (unpaired) electrons. The molecule has 2 unspecified atom stereocenters. The lowest BCUT2D eigenvalue weighted by atomic mass is 9.75. The van der Waals surface area contributed by atoms with Gasteiger partial charge in [-0.05, 0) is 6.92 Å². The second-order valence-corrected chi connectivity index (χ2v) is 5.56. The Bertz CT molecular complexity index is 799. The lowest BCUT2D eigenvalue weighted by Gasteiger charge is -2.25. The zero-order valence-corrected chi connectivity index (χ0v) is 14.4. The predicted octanol–water partition coefficient (Wildman–Crippen LogP) is 0.281. The number of methoxy groups -OCH3 is 1. The molecular formula is C14H19BFN5O4. The van der Waals surface area contributed by atoms with Crippen LogP contribution in [0.1, 0.15) is 33.4 Å². The maximum atomic E-state index is 13.4. The molecule has 1 fully saturated rings. The lowest BCUT2D eigenvalue weighted by molar-refractivity contribution is -0.170. The van der Waals surface area contributed by atoms with Crippen LogP contribution in [0.15, 0.2) is 6.33 Å². The molecule has 3 N–H and O–H groups in total. The van der Waals surface area contributed by atoms with Crippen LogP contribution >= 0.6 is 0 Å². The standard InChI is InChI=1S/C12H13BFN5O4.C2H6/c1-11(9(20)22-2)3-12(13,21)8(23-11)19-4-16-5-6(15)17-10(14)18-7(5)19;1-2/h4,8,21H,3H2,1-2H3,(H2,15,17,18);1-2H3/t8?,11-,12?;/m0./s1. The molecular weight excluding hydrogens is 332 g/mol. The quantitative estimate of drug-likeness (QED) is 0.449. The molecule has 0 bridgehead atoms. The molecule has 11 heteroatoms. The fourth-order valence-electron chi connectivity index (χ4n) is 2.73. The molecule has 0 spiro atoms. The minimum atomic E-state index is -1.94. The number of esters is 1. The first-order valence-corrected chi connectivity index (χ1v) is 7.61. The van der Waals surface area contributed by atoms with E-state index in [4.69, 9.17) is 18.3 Å². The number of ether oxygens (including phenoxy) is 2. The second-order valence-electron chi connectivity index (χ2n) is 5.56. The Hall–Kier alpha value is -2.27. The fourth-order valence-corrected chi connectivity index (χ4v) is 2.73. The number of nitrogens with zero attached hydrogens (tertiary/aromatic N) is 4. The van der Waals surface area contributed by atoms with Crippen molar-refractivity contribution in [3.05, 3.63) is 12.4 Å². The van der Waals surface area contributed by atoms with Crippen LogP contribution in [-0.2, 0) is 14.3 Å². The van der Waals surface area contributed by atoms with Crippen molar-refractivity contribution in [2.24, 2.45) is 0 Å². The molecule has 2 aromatic rings. The van der Waals surface area contributed by atoms with Crippen LogP contribution in [0.4, 0.5) is 10.2 Å². The predicted molar refractivity (Wildman–Crippen MR) is 86.9 cm³/mol. The third kappa shape index (κ3) is 3.16. The van der Waals surface area contributed by atoms with Gasteiger partial charge >= 0.3 is 12.0 Å². The normalized spacial score (nSPS) is 28.5. The molecule has 1 aliphatic heterocycles. The van der Waals surface area contributed by atoms with Gasteiger partial charge < -0.3 is 20.3 Å². The Balaban J connectivity index is 0.00000109. The average molecular weight is 351 g/mol. The average Bonchev–Trinajstić information content (AvgIpc) is 3.07. The van der Waals surface area contributed by atoms with Gasteiger partial charge in [0.15, 0.2) is 28.8 Å². The van der Waals surface area contributed by atoms with E-state index in [-0.39, 0.29) is 23.4 Å². The zero-order valence-electron chi connectivity index (χ0n) is 14.4. The number of hydrogen-bond donors (Lipinski definition) is 2. The number of hydrogen-bond acceptors (Lipinski definition) is 8. The van der Waals surface area contributed by atoms with E-state index in [1.165, 1.54) is 24.9 Å². The topological polar surface area (TPSA) is 125 Å². The number of halogens is 1. The smallest absolute Gasteiger partial charge is 0.338 e. The third-order valence-corrected chi connectivity index (χ3v) is 3.71. The highest BCUT2D eigenvalue weighted by molar-refractivity contribution is 6.15. The third-order valence-electron chi connectivity index (χ3n) is 3.71. The summed E-state index contributed by atoms with van der Waals surface area (Å²) in [5.41, 5.74) is 2.28. The highest BCUT2D eigenvalue weighted by Gasteiger charge is 2.55. The number of nitrogen functional groups attached to an aromatic ring is 1. The molecule has 0 amide bonds. The van der Waals surface area contributed by atoms with E-state index in [0.29, 0.717) is 0 Å². The first kappa shape index (κ1) is 19.1. The van der Waals surface area contributed by atoms with Crippen molar-refractivity contribution in [2.75, 3.05) is 12.8 Å². The number of aromatic nitrogens is 4. The Kier molecular flexibility index (Phi) is 5.00. The minimum absolute atomic E-state index is 0.0157. The van der Waals surface area contributed by atoms with Gasteiger partial charge in [-0.2, -0.15) is 14.4 Å². The summed E-state index contributed by atoms with van der Waals surface area (Å²) in [6, 6.07) is 0. The van der Waals surface area contributed by atoms with Gasteiger partial charge in [0, 0.05) is 6.42 Å². The first-order chi connectivity index (χ1) is 11.7. The van der Waals surface area contributed by atoms with Crippen LogP contribution in [0.3, 0.4) is 0 Å². The maximum absolute atomic E-state index is 13.4. The van der Waals surface area contributed by atoms with E-state index in [0.717, 1.165) is 0 Å². The van der Waals surface area contributed by atoms with Crippen molar-refractivity contribution in [3.8, 4) is 0 Å². The van der Waals surface area contributed by atoms with E-state index in [9.17, 15) is 14.3 Å². The van der Waals surface area contributed by atoms with Gasteiger partial charge in [0.1, 0.15) is 7.85 Å². The summed E-state index contributed by atoms with van der Waals surface area (Å²) in [5.74, 6) is -0.867. The van der Waals surface area contributed by atoms with Crippen molar-refractivity contribution in [3.63, 3.8) is 0 Å². The molecule has 0 aliphatic carbocycles. The summed E-state index contributed by atoms with van der Waals surface area (Å²) < 4.78 is 24.9. The number of nitrogens with two attached hydrogens (primary N) is 1. The molecule has 1 aliphatic rings. The molecule has 25 heavy (non-hydrogen) atoms. The zero-order chi connectivity index (χ0) is 19.0. The number of anilines is 1. The van der Waals surface area contributed by atoms with Gasteiger partial charge in [0.05, 0.1) is 18.9 Å². The monoisotopic (exact) mass is 351 g/mol. The van der Waals surface area contributed by atoms with Crippen molar-refractivity contribution >= 4 is 30.8 Å². The van der Waals surface area contributed by atoms with Crippen molar-refractivity contribution in [1.82, 2.24) is 19.5 Å². The first-order valence-electron chi connectivity index (χ1n) is 7.61. The van der Waals surface area contributed by atoms with E-state index < -0.39 is 29.4 Å². The number of aliphatic hydroxyl groups is 1. The summed E-state index contributed by atoms with van der Waals surface area (Å²) in [4.78, 5) is 22.8. The van der Waals surface area contributed by atoms with Gasteiger partial charge in [0.2, 0.25) is 0 Å². The van der Waals surface area contributed by atoms with Gasteiger partial charge in [-0.1, -0.05) is 13.8 Å². The summed E-state index contributed by atoms with van der Waals surface area (Å²) in [6.45, 7) is 5.43. The van der Waals surface area contributed by atoms with Crippen molar-refractivity contribution < 1.29 is 23.8 Å². The van der Waals surface area contributed by atoms with Crippen LogP contribution in [0.25, 0.3) is 11.2 Å². The summed E-state index contributed by atoms with van der Waals surface area (Å²) >= 11 is 0. The molecule has 9 nitrogen and oxygen atoms in total. The number of imidazole rings is 1. The van der Waals surface area contributed by atoms with Crippen LogP contribution in [-0.4, -0.2) is 56.7 Å². The maximum Gasteiger partial charge on any atom is 0.338 e. The van der Waals surface area contributed by atoms with Crippen molar-refractivity contribution in [2.45, 2.75) is 44.5 Å². The van der Waals surface area contributed by atoms with Crippen LogP contribution in [0, 0.1) is 6.08 Å². The highest BCUT2D eigenvalue weighted by Crippen LogP contribution is 2.43. The van der Waals surface area contributed by atoms with Crippen LogP contribution in [0.5, 0.6) is 0 Å². The summed E-state index contributed by atoms with van der Waals surface area (Å²) in [7, 11) is 7.04. The number of carbonyl (C=O) groups excluding carboxylic acids is 1. The Morgan fingerprint density at radius 1 is 1.56 bits per heavy atom. The number of rotatable bonds is 2. The Morgan fingerprint density at radius 2 is 2.20 bits per heavy atom. The molecule has 3 rings (SSSR count). The summed E-state index contributed by atoms with van der Waals surface area (Å²) in [5, 5.41) is 10.4. The molecule has 2 aromatic heterocycles. The Labute approximate surface area is 144 Å². The van der Waals surface area contributed by atoms with Crippen molar-refractivity contribution in [1.29, 1.82) is 0 Å². The molecule has 3 atom stereocenters. The van der Waals surface area contributed by atoms with Gasteiger partial charge in [-0.15, -0.1) is 0 Å². The molecule has 134 valence electrons. The molecule has 0 aromatic carbocycles. The summed E-state index contributed by atoms with van der Waals surface area (Å²) in [6.07, 6.45) is -1.32. The van der Waals surface area contributed by atoms with Crippen LogP contribution in [0.2, 0.25) is 0 Å². The van der Waals surface area contributed by atoms with Gasteiger partial charge in [0.25, 0.3) is 0 Å². The van der Waals surface area contributed by atoms with E-state index in [1.807, 2.05) is 13.8 Å². The van der Waals surface area contributed by atoms with Gasteiger partial charge in [-0.25, -0.2) is 9.78 Å². The lowest BCUT2D eigenvalue weighted by Crippen LogP contribution is -2.38. The minimum Gasteiger partial charge on any atom is -0.467 e. The molecule has 1 saturated heterocycles.